The van der Waals surface area contributed by atoms with Gasteiger partial charge in [-0.3, -0.25) is 9.59 Å². The summed E-state index contributed by atoms with van der Waals surface area (Å²) in [4.78, 5) is 25.4. The van der Waals surface area contributed by atoms with Gasteiger partial charge in [-0.25, -0.2) is 0 Å². The van der Waals surface area contributed by atoms with E-state index in [0.29, 0.717) is 25.4 Å². The van der Waals surface area contributed by atoms with Crippen molar-refractivity contribution in [3.05, 3.63) is 23.8 Å². The second-order valence-corrected chi connectivity index (χ2v) is 9.54. The summed E-state index contributed by atoms with van der Waals surface area (Å²) in [7, 11) is 0. The van der Waals surface area contributed by atoms with Crippen molar-refractivity contribution >= 4 is 11.8 Å². The van der Waals surface area contributed by atoms with Gasteiger partial charge in [-0.1, -0.05) is 26.0 Å². The number of hydrogen-bond donors (Lipinski definition) is 0. The van der Waals surface area contributed by atoms with E-state index in [4.69, 9.17) is 4.74 Å². The molecule has 4 rings (SSSR count). The Morgan fingerprint density at radius 3 is 2.65 bits per heavy atom. The van der Waals surface area contributed by atoms with Crippen molar-refractivity contribution in [2.24, 2.45) is 28.1 Å². The van der Waals surface area contributed by atoms with Gasteiger partial charge < -0.3 is 4.74 Å². The lowest BCUT2D eigenvalue weighted by Crippen LogP contribution is -2.59. The lowest BCUT2D eigenvalue weighted by atomic mass is 9.41. The molecule has 26 heavy (non-hydrogen) atoms. The third kappa shape index (κ3) is 2.12. The lowest BCUT2D eigenvalue weighted by molar-refractivity contribution is -0.173. The van der Waals surface area contributed by atoms with Gasteiger partial charge >= 0.3 is 5.97 Å². The molecule has 0 bridgehead atoms. The van der Waals surface area contributed by atoms with Crippen molar-refractivity contribution in [3.8, 4) is 0 Å². The minimum atomic E-state index is -0.567. The summed E-state index contributed by atoms with van der Waals surface area (Å²) in [6.45, 7) is 11.5. The molecular weight excluding hydrogens is 324 g/mol. The van der Waals surface area contributed by atoms with Crippen molar-refractivity contribution in [1.82, 2.24) is 0 Å². The number of ether oxygens (including phenoxy) is 1. The molecule has 3 fully saturated rings. The van der Waals surface area contributed by atoms with Crippen LogP contribution in [0.4, 0.5) is 0 Å². The summed E-state index contributed by atoms with van der Waals surface area (Å²) in [5, 5.41) is 0. The average molecular weight is 357 g/mol. The Labute approximate surface area is 157 Å². The molecule has 0 heterocycles. The van der Waals surface area contributed by atoms with Gasteiger partial charge in [-0.2, -0.15) is 0 Å². The Morgan fingerprint density at radius 2 is 1.92 bits per heavy atom. The SMILES string of the molecule is C=C1CC[C@H]2[C@]3(C)CCC4=CC(=O)CC[C@]4(C(=O)OCC)[C@H]3CC[C@@]12C. The third-order valence-electron chi connectivity index (χ3n) is 8.70. The molecule has 0 aromatic heterocycles. The molecule has 0 aromatic carbocycles. The first kappa shape index (κ1) is 18.0. The predicted octanol–water partition coefficient (Wildman–Crippen LogP) is 5.01. The number of carbonyl (C=O) groups excluding carboxylic acids is 2. The fourth-order valence-electron chi connectivity index (χ4n) is 7.36. The molecule has 0 N–H and O–H groups in total. The summed E-state index contributed by atoms with van der Waals surface area (Å²) in [6, 6.07) is 0. The van der Waals surface area contributed by atoms with E-state index in [9.17, 15) is 9.59 Å². The Balaban J connectivity index is 1.82. The van der Waals surface area contributed by atoms with Crippen molar-refractivity contribution in [2.75, 3.05) is 6.61 Å². The third-order valence-corrected chi connectivity index (χ3v) is 8.70. The highest BCUT2D eigenvalue weighted by Crippen LogP contribution is 2.71. The van der Waals surface area contributed by atoms with Gasteiger partial charge in [-0.15, -0.1) is 0 Å². The van der Waals surface area contributed by atoms with Crippen LogP contribution in [0.3, 0.4) is 0 Å². The molecule has 5 atom stereocenters. The molecule has 0 radical (unpaired) electrons. The zero-order chi connectivity index (χ0) is 18.7. The first-order valence-electron chi connectivity index (χ1n) is 10.4. The van der Waals surface area contributed by atoms with Crippen LogP contribution in [0.25, 0.3) is 0 Å². The van der Waals surface area contributed by atoms with E-state index in [-0.39, 0.29) is 28.5 Å². The van der Waals surface area contributed by atoms with Crippen molar-refractivity contribution in [2.45, 2.75) is 72.1 Å². The molecular formula is C23H32O3. The van der Waals surface area contributed by atoms with Crippen LogP contribution in [0.1, 0.15) is 72.1 Å². The van der Waals surface area contributed by atoms with Crippen molar-refractivity contribution in [1.29, 1.82) is 0 Å². The zero-order valence-corrected chi connectivity index (χ0v) is 16.5. The van der Waals surface area contributed by atoms with Crippen LogP contribution in [0.2, 0.25) is 0 Å². The van der Waals surface area contributed by atoms with Crippen LogP contribution in [-0.4, -0.2) is 18.4 Å². The molecule has 4 aliphatic rings. The number of allylic oxidation sites excluding steroid dienone is 1. The quantitative estimate of drug-likeness (QED) is 0.516. The predicted molar refractivity (Wildman–Crippen MR) is 101 cm³/mol. The Hall–Kier alpha value is -1.38. The minimum Gasteiger partial charge on any atom is -0.465 e. The molecule has 142 valence electrons. The molecule has 0 spiro atoms. The lowest BCUT2D eigenvalue weighted by Gasteiger charge is -2.62. The van der Waals surface area contributed by atoms with E-state index >= 15 is 0 Å². The average Bonchev–Trinajstić information content (AvgIpc) is 2.91. The second kappa shape index (κ2) is 5.81. The first-order valence-corrected chi connectivity index (χ1v) is 10.4. The van der Waals surface area contributed by atoms with Crippen molar-refractivity contribution in [3.63, 3.8) is 0 Å². The molecule has 3 nitrogen and oxygen atoms in total. The summed E-state index contributed by atoms with van der Waals surface area (Å²) in [5.41, 5.74) is 2.24. The van der Waals surface area contributed by atoms with Crippen LogP contribution in [0.5, 0.6) is 0 Å². The molecule has 3 heteroatoms. The molecule has 0 amide bonds. The van der Waals surface area contributed by atoms with E-state index in [0.717, 1.165) is 37.7 Å². The van der Waals surface area contributed by atoms with Crippen LogP contribution in [0.15, 0.2) is 23.8 Å². The van der Waals surface area contributed by atoms with Gasteiger partial charge in [0.1, 0.15) is 0 Å². The highest BCUT2D eigenvalue weighted by Gasteiger charge is 2.66. The monoisotopic (exact) mass is 356 g/mol. The summed E-state index contributed by atoms with van der Waals surface area (Å²) in [5.74, 6) is 0.978. The summed E-state index contributed by atoms with van der Waals surface area (Å²) in [6.07, 6.45) is 9.30. The van der Waals surface area contributed by atoms with Crippen LogP contribution < -0.4 is 0 Å². The standard InChI is InChI=1S/C23H32O3/c1-5-26-20(25)23-13-9-17(24)14-16(23)8-11-22(4)18-7-6-15(2)21(18,3)12-10-19(22)23/h14,18-19H,2,5-13H2,1,3-4H3/t18-,19+,21+,22+,23-/m1/s1. The molecule has 3 saturated carbocycles. The maximum Gasteiger partial charge on any atom is 0.316 e. The second-order valence-electron chi connectivity index (χ2n) is 9.54. The van der Waals surface area contributed by atoms with E-state index in [1.807, 2.05) is 6.92 Å². The van der Waals surface area contributed by atoms with E-state index < -0.39 is 5.41 Å². The normalized spacial score (nSPS) is 44.7. The number of fused-ring (bicyclic) bond motifs is 5. The number of ketones is 1. The summed E-state index contributed by atoms with van der Waals surface area (Å²) < 4.78 is 5.62. The Kier molecular flexibility index (Phi) is 4.02. The van der Waals surface area contributed by atoms with Gasteiger partial charge in [0.25, 0.3) is 0 Å². The molecule has 0 saturated heterocycles. The fraction of sp³-hybridized carbons (Fsp3) is 0.739. The Bertz CT molecular complexity index is 704. The van der Waals surface area contributed by atoms with Gasteiger partial charge in [0.15, 0.2) is 5.78 Å². The maximum atomic E-state index is 13.3. The van der Waals surface area contributed by atoms with Crippen molar-refractivity contribution < 1.29 is 14.3 Å². The van der Waals surface area contributed by atoms with Gasteiger partial charge in [0.05, 0.1) is 12.0 Å². The highest BCUT2D eigenvalue weighted by atomic mass is 16.5. The smallest absolute Gasteiger partial charge is 0.316 e. The number of carbonyl (C=O) groups is 2. The number of esters is 1. The zero-order valence-electron chi connectivity index (χ0n) is 16.5. The van der Waals surface area contributed by atoms with E-state index in [1.165, 1.54) is 12.0 Å². The molecule has 4 aliphatic carbocycles. The highest BCUT2D eigenvalue weighted by molar-refractivity contribution is 5.95. The number of rotatable bonds is 2. The van der Waals surface area contributed by atoms with Crippen LogP contribution >= 0.6 is 0 Å². The topological polar surface area (TPSA) is 43.4 Å². The molecule has 0 aliphatic heterocycles. The van der Waals surface area contributed by atoms with Gasteiger partial charge in [-0.05, 0) is 86.2 Å². The fourth-order valence-corrected chi connectivity index (χ4v) is 7.36. The van der Waals surface area contributed by atoms with Crippen LogP contribution in [0, 0.1) is 28.1 Å². The largest absolute Gasteiger partial charge is 0.465 e. The Morgan fingerprint density at radius 1 is 1.15 bits per heavy atom. The van der Waals surface area contributed by atoms with E-state index in [2.05, 4.69) is 20.4 Å². The maximum absolute atomic E-state index is 13.3. The molecule has 0 unspecified atom stereocenters. The summed E-state index contributed by atoms with van der Waals surface area (Å²) >= 11 is 0. The van der Waals surface area contributed by atoms with E-state index in [1.54, 1.807) is 6.08 Å². The van der Waals surface area contributed by atoms with Gasteiger partial charge in [0.2, 0.25) is 0 Å². The van der Waals surface area contributed by atoms with Gasteiger partial charge in [0, 0.05) is 6.42 Å². The molecule has 0 aromatic rings. The van der Waals surface area contributed by atoms with Crippen LogP contribution in [-0.2, 0) is 14.3 Å². The minimum absolute atomic E-state index is 0.0740. The first-order chi connectivity index (χ1) is 12.3. The number of hydrogen-bond acceptors (Lipinski definition) is 3.